The van der Waals surface area contributed by atoms with Gasteiger partial charge in [0.2, 0.25) is 0 Å². The Morgan fingerprint density at radius 3 is 2.44 bits per heavy atom. The van der Waals surface area contributed by atoms with Crippen molar-refractivity contribution >= 4 is 22.7 Å². The Kier molecular flexibility index (Phi) is 4.16. The molecule has 1 unspecified atom stereocenters. The first-order valence-corrected chi connectivity index (χ1v) is 7.33. The lowest BCUT2D eigenvalue weighted by molar-refractivity contribution is 0.482. The minimum atomic E-state index is 0.457. The molecule has 0 saturated heterocycles. The largest absolute Gasteiger partial charge is 0.307 e. The Balaban J connectivity index is 2.09. The molecule has 0 fully saturated rings. The van der Waals surface area contributed by atoms with Crippen molar-refractivity contribution in [1.29, 1.82) is 0 Å². The third kappa shape index (κ3) is 3.17. The van der Waals surface area contributed by atoms with E-state index >= 15 is 0 Å². The standard InChI is InChI=1S/C13H17NS2/c1-10(2)14-12(13-6-4-8-16-13)9-11-5-3-7-15-11/h3-8,10,12,14H,9H2,1-2H3. The van der Waals surface area contributed by atoms with Crippen molar-refractivity contribution in [2.45, 2.75) is 32.4 Å². The van der Waals surface area contributed by atoms with Gasteiger partial charge in [0.25, 0.3) is 0 Å². The van der Waals surface area contributed by atoms with Gasteiger partial charge >= 0.3 is 0 Å². The van der Waals surface area contributed by atoms with E-state index in [4.69, 9.17) is 0 Å². The van der Waals surface area contributed by atoms with E-state index in [0.29, 0.717) is 12.1 Å². The minimum Gasteiger partial charge on any atom is -0.307 e. The molecule has 0 bridgehead atoms. The SMILES string of the molecule is CC(C)NC(Cc1cccs1)c1cccs1. The van der Waals surface area contributed by atoms with Gasteiger partial charge in [-0.05, 0) is 22.9 Å². The van der Waals surface area contributed by atoms with Gasteiger partial charge in [-0.3, -0.25) is 0 Å². The number of hydrogen-bond donors (Lipinski definition) is 1. The monoisotopic (exact) mass is 251 g/mol. The summed E-state index contributed by atoms with van der Waals surface area (Å²) >= 11 is 3.68. The van der Waals surface area contributed by atoms with Gasteiger partial charge in [-0.15, -0.1) is 22.7 Å². The summed E-state index contributed by atoms with van der Waals surface area (Å²) in [4.78, 5) is 2.88. The van der Waals surface area contributed by atoms with Crippen molar-refractivity contribution in [1.82, 2.24) is 5.32 Å². The molecule has 1 atom stereocenters. The van der Waals surface area contributed by atoms with E-state index in [1.807, 2.05) is 22.7 Å². The zero-order valence-electron chi connectivity index (χ0n) is 9.64. The second-order valence-electron chi connectivity index (χ2n) is 4.17. The fourth-order valence-corrected chi connectivity index (χ4v) is 3.30. The molecule has 0 aliphatic rings. The van der Waals surface area contributed by atoms with Crippen LogP contribution in [-0.4, -0.2) is 6.04 Å². The van der Waals surface area contributed by atoms with E-state index in [9.17, 15) is 0 Å². The van der Waals surface area contributed by atoms with Gasteiger partial charge in [-0.1, -0.05) is 26.0 Å². The summed E-state index contributed by atoms with van der Waals surface area (Å²) in [6, 6.07) is 9.67. The summed E-state index contributed by atoms with van der Waals surface area (Å²) < 4.78 is 0. The molecule has 1 N–H and O–H groups in total. The third-order valence-corrected chi connectivity index (χ3v) is 4.29. The lowest BCUT2D eigenvalue weighted by Crippen LogP contribution is -2.28. The fourth-order valence-electron chi connectivity index (χ4n) is 1.76. The maximum Gasteiger partial charge on any atom is 0.0465 e. The van der Waals surface area contributed by atoms with Crippen molar-refractivity contribution in [3.8, 4) is 0 Å². The maximum absolute atomic E-state index is 3.64. The highest BCUT2D eigenvalue weighted by molar-refractivity contribution is 7.10. The van der Waals surface area contributed by atoms with Crippen molar-refractivity contribution in [2.24, 2.45) is 0 Å². The highest BCUT2D eigenvalue weighted by Crippen LogP contribution is 2.25. The summed E-state index contributed by atoms with van der Waals surface area (Å²) in [5.74, 6) is 0. The van der Waals surface area contributed by atoms with Gasteiger partial charge in [0.1, 0.15) is 0 Å². The van der Waals surface area contributed by atoms with Gasteiger partial charge in [-0.25, -0.2) is 0 Å². The average molecular weight is 251 g/mol. The molecule has 2 aromatic heterocycles. The number of nitrogens with one attached hydrogen (secondary N) is 1. The van der Waals surface area contributed by atoms with E-state index < -0.39 is 0 Å². The van der Waals surface area contributed by atoms with E-state index in [2.05, 4.69) is 54.2 Å². The van der Waals surface area contributed by atoms with Crippen LogP contribution < -0.4 is 5.32 Å². The fraction of sp³-hybridized carbons (Fsp3) is 0.385. The second-order valence-corrected chi connectivity index (χ2v) is 6.18. The Bertz CT molecular complexity index is 390. The van der Waals surface area contributed by atoms with Gasteiger partial charge in [0, 0.05) is 28.3 Å². The average Bonchev–Trinajstić information content (AvgIpc) is 2.88. The smallest absolute Gasteiger partial charge is 0.0465 e. The summed E-state index contributed by atoms with van der Waals surface area (Å²) in [5.41, 5.74) is 0. The van der Waals surface area contributed by atoms with Crippen LogP contribution in [0.2, 0.25) is 0 Å². The molecule has 0 spiro atoms. The first-order valence-electron chi connectivity index (χ1n) is 5.57. The van der Waals surface area contributed by atoms with Crippen LogP contribution in [0.5, 0.6) is 0 Å². The molecule has 2 rings (SSSR count). The normalized spacial score (nSPS) is 13.2. The Hall–Kier alpha value is -0.640. The quantitative estimate of drug-likeness (QED) is 0.844. The number of thiophene rings is 2. The zero-order chi connectivity index (χ0) is 11.4. The molecule has 1 nitrogen and oxygen atoms in total. The van der Waals surface area contributed by atoms with Crippen LogP contribution in [-0.2, 0) is 6.42 Å². The van der Waals surface area contributed by atoms with Crippen LogP contribution in [0.1, 0.15) is 29.6 Å². The molecule has 2 heterocycles. The summed E-state index contributed by atoms with van der Waals surface area (Å²) in [5, 5.41) is 7.94. The summed E-state index contributed by atoms with van der Waals surface area (Å²) in [6.45, 7) is 4.41. The third-order valence-electron chi connectivity index (χ3n) is 2.41. The Morgan fingerprint density at radius 2 is 1.88 bits per heavy atom. The molecule has 16 heavy (non-hydrogen) atoms. The Morgan fingerprint density at radius 1 is 1.12 bits per heavy atom. The van der Waals surface area contributed by atoms with Crippen molar-refractivity contribution in [3.05, 3.63) is 44.8 Å². The molecule has 0 aliphatic carbocycles. The molecule has 86 valence electrons. The highest BCUT2D eigenvalue weighted by Gasteiger charge is 2.14. The molecule has 0 radical (unpaired) electrons. The summed E-state index contributed by atoms with van der Waals surface area (Å²) in [7, 11) is 0. The molecule has 2 aromatic rings. The van der Waals surface area contributed by atoms with E-state index in [0.717, 1.165) is 6.42 Å². The van der Waals surface area contributed by atoms with Crippen LogP contribution in [0.4, 0.5) is 0 Å². The van der Waals surface area contributed by atoms with Crippen LogP contribution in [0.25, 0.3) is 0 Å². The number of rotatable bonds is 5. The molecule has 3 heteroatoms. The van der Waals surface area contributed by atoms with E-state index in [1.54, 1.807) is 0 Å². The predicted octanol–water partition coefficient (Wildman–Crippen LogP) is 4.09. The van der Waals surface area contributed by atoms with Gasteiger partial charge < -0.3 is 5.32 Å². The van der Waals surface area contributed by atoms with Gasteiger partial charge in [-0.2, -0.15) is 0 Å². The lowest BCUT2D eigenvalue weighted by atomic mass is 10.1. The predicted molar refractivity (Wildman–Crippen MR) is 73.4 cm³/mol. The van der Waals surface area contributed by atoms with Gasteiger partial charge in [0.15, 0.2) is 0 Å². The Labute approximate surface area is 105 Å². The zero-order valence-corrected chi connectivity index (χ0v) is 11.3. The topological polar surface area (TPSA) is 12.0 Å². The summed E-state index contributed by atoms with van der Waals surface area (Å²) in [6.07, 6.45) is 1.09. The molecular formula is C13H17NS2. The molecule has 0 amide bonds. The van der Waals surface area contributed by atoms with Crippen molar-refractivity contribution in [3.63, 3.8) is 0 Å². The van der Waals surface area contributed by atoms with Crippen LogP contribution in [0.3, 0.4) is 0 Å². The van der Waals surface area contributed by atoms with Crippen molar-refractivity contribution < 1.29 is 0 Å². The van der Waals surface area contributed by atoms with Crippen LogP contribution in [0.15, 0.2) is 35.0 Å². The molecular weight excluding hydrogens is 234 g/mol. The number of hydrogen-bond acceptors (Lipinski definition) is 3. The van der Waals surface area contributed by atoms with Crippen molar-refractivity contribution in [2.75, 3.05) is 0 Å². The van der Waals surface area contributed by atoms with E-state index in [-0.39, 0.29) is 0 Å². The second kappa shape index (κ2) is 5.62. The minimum absolute atomic E-state index is 0.457. The maximum atomic E-state index is 3.64. The van der Waals surface area contributed by atoms with E-state index in [1.165, 1.54) is 9.75 Å². The van der Waals surface area contributed by atoms with Gasteiger partial charge in [0.05, 0.1) is 0 Å². The molecule has 0 aromatic carbocycles. The van der Waals surface area contributed by atoms with Crippen LogP contribution in [0, 0.1) is 0 Å². The highest BCUT2D eigenvalue weighted by atomic mass is 32.1. The van der Waals surface area contributed by atoms with Crippen LogP contribution >= 0.6 is 22.7 Å². The lowest BCUT2D eigenvalue weighted by Gasteiger charge is -2.19. The molecule has 0 aliphatic heterocycles. The molecule has 0 saturated carbocycles. The first-order chi connectivity index (χ1) is 7.75. The first kappa shape index (κ1) is 11.8.